The largest absolute Gasteiger partial charge is 0.494 e. The first-order valence-corrected chi connectivity index (χ1v) is 1.37. The number of hydrogen-bond acceptors (Lipinski definition) is 3. The van der Waals surface area contributed by atoms with E-state index in [9.17, 15) is 0 Å². The Morgan fingerprint density at radius 3 is 2.33 bits per heavy atom. The monoisotopic (exact) mass is 86.0 g/mol. The first-order chi connectivity index (χ1) is 2.77. The molecule has 0 heterocycles. The average Bonchev–Trinajstić information content (AvgIpc) is 1.35. The molecule has 0 aliphatic carbocycles. The van der Waals surface area contributed by atoms with Crippen molar-refractivity contribution in [3.05, 3.63) is 12.5 Å². The molecule has 0 aromatic heterocycles. The maximum Gasteiger partial charge on any atom is 0.197 e. The molecular weight excluding hydrogens is 80.0 g/mol. The summed E-state index contributed by atoms with van der Waals surface area (Å²) >= 11 is 0. The minimum Gasteiger partial charge on any atom is -0.494 e. The number of nitrogens with zero attached hydrogens (tertiary/aromatic N) is 1. The maximum absolute atomic E-state index is 8.11. The van der Waals surface area contributed by atoms with Crippen LogP contribution < -0.4 is 5.43 Å². The lowest BCUT2D eigenvalue weighted by atomic mass is 11.0. The summed E-state index contributed by atoms with van der Waals surface area (Å²) in [6, 6.07) is 0. The Bertz CT molecular complexity index is 69.2. The van der Waals surface area contributed by atoms with Crippen LogP contribution in [0.4, 0.5) is 0 Å². The highest BCUT2D eigenvalue weighted by Crippen LogP contribution is 1.66. The standard InChI is InChI=1S/C3H6N2O/c1-3(6)5-4-2/h5-6H,1-2H2. The van der Waals surface area contributed by atoms with E-state index in [0.717, 1.165) is 0 Å². The van der Waals surface area contributed by atoms with Crippen LogP contribution in [0, 0.1) is 0 Å². The van der Waals surface area contributed by atoms with Gasteiger partial charge in [0.25, 0.3) is 0 Å². The molecule has 3 nitrogen and oxygen atoms in total. The van der Waals surface area contributed by atoms with Gasteiger partial charge in [0.1, 0.15) is 0 Å². The second kappa shape index (κ2) is 2.26. The molecule has 0 aliphatic heterocycles. The van der Waals surface area contributed by atoms with Gasteiger partial charge in [0.2, 0.25) is 0 Å². The predicted molar refractivity (Wildman–Crippen MR) is 24.5 cm³/mol. The lowest BCUT2D eigenvalue weighted by molar-refractivity contribution is 0.371. The summed E-state index contributed by atoms with van der Waals surface area (Å²) < 4.78 is 0. The molecule has 0 atom stereocenters. The Hall–Kier alpha value is -0.990. The summed E-state index contributed by atoms with van der Waals surface area (Å²) in [5.41, 5.74) is 2.08. The van der Waals surface area contributed by atoms with Crippen molar-refractivity contribution in [3.63, 3.8) is 0 Å². The van der Waals surface area contributed by atoms with Crippen LogP contribution in [-0.4, -0.2) is 11.8 Å². The summed E-state index contributed by atoms with van der Waals surface area (Å²) in [6.07, 6.45) is 0. The smallest absolute Gasteiger partial charge is 0.197 e. The quantitative estimate of drug-likeness (QED) is 0.287. The minimum atomic E-state index is -0.190. The normalized spacial score (nSPS) is 6.67. The molecule has 0 bridgehead atoms. The third-order valence-electron chi connectivity index (χ3n) is 0.208. The molecular formula is C3H6N2O. The van der Waals surface area contributed by atoms with E-state index in [2.05, 4.69) is 23.8 Å². The highest BCUT2D eigenvalue weighted by atomic mass is 16.3. The van der Waals surface area contributed by atoms with Gasteiger partial charge in [0, 0.05) is 6.72 Å². The number of hydrazone groups is 1. The molecule has 0 aromatic carbocycles. The third-order valence-corrected chi connectivity index (χ3v) is 0.208. The lowest BCUT2D eigenvalue weighted by Crippen LogP contribution is -1.99. The molecule has 0 fully saturated rings. The lowest BCUT2D eigenvalue weighted by Gasteiger charge is -1.88. The third kappa shape index (κ3) is 3.01. The predicted octanol–water partition coefficient (Wildman–Crippen LogP) is 0.221. The van der Waals surface area contributed by atoms with Gasteiger partial charge in [-0.2, -0.15) is 5.10 Å². The Kier molecular flexibility index (Phi) is 1.89. The van der Waals surface area contributed by atoms with Crippen molar-refractivity contribution >= 4 is 6.72 Å². The van der Waals surface area contributed by atoms with E-state index in [1.54, 1.807) is 0 Å². The van der Waals surface area contributed by atoms with Gasteiger partial charge in [0.05, 0.1) is 0 Å². The van der Waals surface area contributed by atoms with Crippen LogP contribution in [0.25, 0.3) is 0 Å². The van der Waals surface area contributed by atoms with Gasteiger partial charge in [0.15, 0.2) is 5.88 Å². The van der Waals surface area contributed by atoms with Gasteiger partial charge in [-0.25, -0.2) is 5.43 Å². The number of aliphatic hydroxyl groups is 1. The molecule has 0 amide bonds. The van der Waals surface area contributed by atoms with Crippen LogP contribution in [-0.2, 0) is 0 Å². The van der Waals surface area contributed by atoms with E-state index in [1.807, 2.05) is 0 Å². The number of rotatable bonds is 2. The fraction of sp³-hybridized carbons (Fsp3) is 0. The van der Waals surface area contributed by atoms with Crippen molar-refractivity contribution in [3.8, 4) is 0 Å². The zero-order valence-corrected chi connectivity index (χ0v) is 3.31. The summed E-state index contributed by atoms with van der Waals surface area (Å²) in [5, 5.41) is 11.2. The minimum absolute atomic E-state index is 0.190. The average molecular weight is 86.1 g/mol. The van der Waals surface area contributed by atoms with Crippen LogP contribution in [0.5, 0.6) is 0 Å². The van der Waals surface area contributed by atoms with Crippen LogP contribution in [0.15, 0.2) is 17.6 Å². The first-order valence-electron chi connectivity index (χ1n) is 1.37. The topological polar surface area (TPSA) is 44.6 Å². The SMILES string of the molecule is C=NNC(=C)O. The molecule has 0 rings (SSSR count). The summed E-state index contributed by atoms with van der Waals surface area (Å²) in [5.74, 6) is -0.190. The molecule has 0 unspecified atom stereocenters. The fourth-order valence-electron chi connectivity index (χ4n) is 0.0913. The fourth-order valence-corrected chi connectivity index (χ4v) is 0.0913. The van der Waals surface area contributed by atoms with Crippen LogP contribution in [0.2, 0.25) is 0 Å². The summed E-state index contributed by atoms with van der Waals surface area (Å²) in [6.45, 7) is 6.07. The van der Waals surface area contributed by atoms with E-state index >= 15 is 0 Å². The van der Waals surface area contributed by atoms with Gasteiger partial charge < -0.3 is 5.11 Å². The zero-order chi connectivity index (χ0) is 4.99. The van der Waals surface area contributed by atoms with Crippen molar-refractivity contribution in [2.24, 2.45) is 5.10 Å². The van der Waals surface area contributed by atoms with Crippen molar-refractivity contribution in [2.45, 2.75) is 0 Å². The zero-order valence-electron chi connectivity index (χ0n) is 3.31. The Balaban J connectivity index is 3.05. The van der Waals surface area contributed by atoms with Crippen molar-refractivity contribution in [1.82, 2.24) is 5.43 Å². The maximum atomic E-state index is 8.11. The second-order valence-corrected chi connectivity index (χ2v) is 0.717. The van der Waals surface area contributed by atoms with Crippen LogP contribution in [0.1, 0.15) is 0 Å². The Morgan fingerprint density at radius 1 is 1.83 bits per heavy atom. The van der Waals surface area contributed by atoms with Crippen molar-refractivity contribution in [1.29, 1.82) is 0 Å². The van der Waals surface area contributed by atoms with Crippen molar-refractivity contribution < 1.29 is 5.11 Å². The van der Waals surface area contributed by atoms with Gasteiger partial charge in [-0.1, -0.05) is 0 Å². The number of aliphatic hydroxyl groups excluding tert-OH is 1. The first kappa shape index (κ1) is 5.01. The summed E-state index contributed by atoms with van der Waals surface area (Å²) in [7, 11) is 0. The van der Waals surface area contributed by atoms with E-state index < -0.39 is 0 Å². The van der Waals surface area contributed by atoms with Crippen LogP contribution in [0.3, 0.4) is 0 Å². The van der Waals surface area contributed by atoms with Gasteiger partial charge in [-0.15, -0.1) is 0 Å². The second-order valence-electron chi connectivity index (χ2n) is 0.717. The summed E-state index contributed by atoms with van der Waals surface area (Å²) in [4.78, 5) is 0. The molecule has 6 heavy (non-hydrogen) atoms. The molecule has 0 spiro atoms. The Morgan fingerprint density at radius 2 is 2.33 bits per heavy atom. The van der Waals surface area contributed by atoms with E-state index in [-0.39, 0.29) is 5.88 Å². The molecule has 0 saturated carbocycles. The highest BCUT2D eigenvalue weighted by molar-refractivity contribution is 5.22. The molecule has 0 radical (unpaired) electrons. The molecule has 0 aromatic rings. The molecule has 0 saturated heterocycles. The van der Waals surface area contributed by atoms with E-state index in [1.165, 1.54) is 0 Å². The molecule has 34 valence electrons. The molecule has 2 N–H and O–H groups in total. The molecule has 3 heteroatoms. The molecule has 0 aliphatic rings. The van der Waals surface area contributed by atoms with Gasteiger partial charge >= 0.3 is 0 Å². The van der Waals surface area contributed by atoms with Crippen molar-refractivity contribution in [2.75, 3.05) is 0 Å². The van der Waals surface area contributed by atoms with E-state index in [0.29, 0.717) is 0 Å². The van der Waals surface area contributed by atoms with Gasteiger partial charge in [-0.3, -0.25) is 0 Å². The number of hydrogen-bond donors (Lipinski definition) is 2. The number of nitrogens with one attached hydrogen (secondary N) is 1. The van der Waals surface area contributed by atoms with E-state index in [4.69, 9.17) is 5.11 Å². The van der Waals surface area contributed by atoms with Gasteiger partial charge in [-0.05, 0) is 6.58 Å². The van der Waals surface area contributed by atoms with Crippen LogP contribution >= 0.6 is 0 Å². The Labute approximate surface area is 36.0 Å². The highest BCUT2D eigenvalue weighted by Gasteiger charge is 1.70.